The first-order valence-corrected chi connectivity index (χ1v) is 13.5. The lowest BCUT2D eigenvalue weighted by atomic mass is 9.87. The number of aromatic nitrogens is 1. The van der Waals surface area contributed by atoms with Crippen LogP contribution in [0.3, 0.4) is 0 Å². The largest absolute Gasteiger partial charge is 0.490 e. The van der Waals surface area contributed by atoms with Crippen molar-refractivity contribution in [3.8, 4) is 22.8 Å². The van der Waals surface area contributed by atoms with Crippen LogP contribution in [0.1, 0.15) is 56.1 Å². The van der Waals surface area contributed by atoms with Crippen LogP contribution in [0, 0.1) is 5.92 Å². The number of carbonyl (C=O) groups excluding carboxylic acids is 1. The maximum Gasteiger partial charge on any atom is 0.365 e. The summed E-state index contributed by atoms with van der Waals surface area (Å²) in [4.78, 5) is 34.7. The van der Waals surface area contributed by atoms with E-state index in [0.29, 0.717) is 37.5 Å². The molecule has 0 fully saturated rings. The van der Waals surface area contributed by atoms with Gasteiger partial charge in [-0.2, -0.15) is 0 Å². The Hall–Kier alpha value is -2.45. The fourth-order valence-electron chi connectivity index (χ4n) is 4.20. The molecule has 1 N–H and O–H groups in total. The molecule has 1 aliphatic heterocycles. The molecule has 2 unspecified atom stereocenters. The van der Waals surface area contributed by atoms with Crippen LogP contribution in [-0.2, 0) is 20.2 Å². The first-order chi connectivity index (χ1) is 16.6. The van der Waals surface area contributed by atoms with E-state index >= 15 is 0 Å². The van der Waals surface area contributed by atoms with Crippen molar-refractivity contribution in [3.63, 3.8) is 0 Å². The van der Waals surface area contributed by atoms with Gasteiger partial charge in [-0.05, 0) is 43.9 Å². The number of Topliss-reactive ketones (excluding diaryl/α,β-unsaturated/α-hetero) is 1. The van der Waals surface area contributed by atoms with Gasteiger partial charge >= 0.3 is 7.60 Å². The molecule has 192 valence electrons. The number of rotatable bonds is 12. The van der Waals surface area contributed by atoms with Crippen LogP contribution in [-0.4, -0.2) is 48.5 Å². The second-order valence-corrected chi connectivity index (χ2v) is 10.7. The van der Waals surface area contributed by atoms with E-state index in [2.05, 4.69) is 13.8 Å². The van der Waals surface area contributed by atoms with Crippen molar-refractivity contribution in [2.75, 3.05) is 33.3 Å². The minimum Gasteiger partial charge on any atom is -0.490 e. The third kappa shape index (κ3) is 6.41. The van der Waals surface area contributed by atoms with Gasteiger partial charge in [0.15, 0.2) is 29.1 Å². The van der Waals surface area contributed by atoms with Crippen LogP contribution in [0.15, 0.2) is 29.2 Å². The molecule has 2 aromatic rings. The molecular formula is C25H34NO8P. The van der Waals surface area contributed by atoms with E-state index in [1.807, 2.05) is 10.6 Å². The van der Waals surface area contributed by atoms with Gasteiger partial charge in [0.1, 0.15) is 0 Å². The van der Waals surface area contributed by atoms with Crippen LogP contribution >= 0.6 is 7.60 Å². The monoisotopic (exact) mass is 507 g/mol. The van der Waals surface area contributed by atoms with Gasteiger partial charge in [0, 0.05) is 44.0 Å². The summed E-state index contributed by atoms with van der Waals surface area (Å²) in [6.45, 7) is 8.18. The fraction of sp³-hybridized carbons (Fsp3) is 0.520. The predicted molar refractivity (Wildman–Crippen MR) is 133 cm³/mol. The number of carbonyl (C=O) groups is 1. The van der Waals surface area contributed by atoms with E-state index in [1.54, 1.807) is 26.3 Å². The van der Waals surface area contributed by atoms with Crippen molar-refractivity contribution < 1.29 is 33.0 Å². The zero-order valence-corrected chi connectivity index (χ0v) is 21.8. The van der Waals surface area contributed by atoms with Crippen LogP contribution in [0.2, 0.25) is 0 Å². The van der Waals surface area contributed by atoms with Crippen LogP contribution in [0.4, 0.5) is 0 Å². The lowest BCUT2D eigenvalue weighted by molar-refractivity contribution is 0.101. The zero-order valence-electron chi connectivity index (χ0n) is 20.9. The van der Waals surface area contributed by atoms with Gasteiger partial charge in [-0.15, -0.1) is 0 Å². The van der Waals surface area contributed by atoms with Crippen molar-refractivity contribution >= 4 is 13.4 Å². The third-order valence-electron chi connectivity index (χ3n) is 5.92. The van der Waals surface area contributed by atoms with E-state index in [-0.39, 0.29) is 41.1 Å². The molecule has 1 aromatic heterocycles. The Morgan fingerprint density at radius 2 is 1.91 bits per heavy atom. The summed E-state index contributed by atoms with van der Waals surface area (Å²) >= 11 is 0. The van der Waals surface area contributed by atoms with E-state index in [9.17, 15) is 19.0 Å². The van der Waals surface area contributed by atoms with E-state index in [4.69, 9.17) is 18.7 Å². The van der Waals surface area contributed by atoms with Gasteiger partial charge in [0.2, 0.25) is 0 Å². The van der Waals surface area contributed by atoms with Crippen molar-refractivity contribution in [2.24, 2.45) is 5.92 Å². The number of ether oxygens (including phenoxy) is 3. The van der Waals surface area contributed by atoms with Crippen molar-refractivity contribution in [2.45, 2.75) is 46.6 Å². The van der Waals surface area contributed by atoms with E-state index in [1.165, 1.54) is 13.0 Å². The molecule has 35 heavy (non-hydrogen) atoms. The molecule has 1 aromatic carbocycles. The molecule has 0 radical (unpaired) electrons. The Morgan fingerprint density at radius 3 is 2.54 bits per heavy atom. The Morgan fingerprint density at radius 1 is 1.20 bits per heavy atom. The smallest absolute Gasteiger partial charge is 0.365 e. The van der Waals surface area contributed by atoms with Gasteiger partial charge in [0.25, 0.3) is 0 Å². The second-order valence-electron chi connectivity index (χ2n) is 8.90. The summed E-state index contributed by atoms with van der Waals surface area (Å²) in [6.07, 6.45) is 2.41. The Balaban J connectivity index is 2.10. The van der Waals surface area contributed by atoms with E-state index < -0.39 is 13.9 Å². The van der Waals surface area contributed by atoms with Crippen molar-refractivity contribution in [1.82, 2.24) is 4.57 Å². The molecule has 0 spiro atoms. The average molecular weight is 508 g/mol. The highest BCUT2D eigenvalue weighted by atomic mass is 31.2. The standard InChI is InChI=1S/C25H34NO8P/c1-6-34-35(29,30)15-33-25-12-19-18(11-24(25)32-9-7-8-31-5)10-21(16(2)3)26-14-20(17(4)27)23(28)13-22(19)26/h11-14,16,21H,6-10,15H2,1-5H3,(H,29,30). The number of fused-ring (bicyclic) bond motifs is 3. The molecule has 0 bridgehead atoms. The first-order valence-electron chi connectivity index (χ1n) is 11.7. The summed E-state index contributed by atoms with van der Waals surface area (Å²) in [6, 6.07) is 5.09. The minimum absolute atomic E-state index is 0.0277. The molecule has 0 aliphatic carbocycles. The first kappa shape index (κ1) is 27.1. The molecule has 9 nitrogen and oxygen atoms in total. The van der Waals surface area contributed by atoms with Crippen LogP contribution in [0.5, 0.6) is 11.5 Å². The number of nitrogens with zero attached hydrogens (tertiary/aromatic N) is 1. The number of benzene rings is 1. The lowest BCUT2D eigenvalue weighted by Crippen LogP contribution is -2.28. The minimum atomic E-state index is -3.95. The molecule has 2 heterocycles. The summed E-state index contributed by atoms with van der Waals surface area (Å²) in [5.41, 5.74) is 2.17. The summed E-state index contributed by atoms with van der Waals surface area (Å²) < 4.78 is 35.9. The number of methoxy groups -OCH3 is 1. The molecular weight excluding hydrogens is 473 g/mol. The molecule has 10 heteroatoms. The van der Waals surface area contributed by atoms with Gasteiger partial charge in [-0.1, -0.05) is 13.8 Å². The number of pyridine rings is 1. The Kier molecular flexibility index (Phi) is 8.94. The van der Waals surface area contributed by atoms with Crippen LogP contribution in [0.25, 0.3) is 11.3 Å². The molecule has 3 rings (SSSR count). The SMILES string of the molecule is CCOP(=O)(O)COc1cc2c(cc1OCCCOC)CC(C(C)C)n1cc(C(C)=O)c(=O)cc1-2. The highest BCUT2D eigenvalue weighted by Gasteiger charge is 2.30. The average Bonchev–Trinajstić information content (AvgIpc) is 2.79. The normalized spacial score (nSPS) is 16.4. The van der Waals surface area contributed by atoms with Gasteiger partial charge in [-0.25, -0.2) is 0 Å². The molecule has 0 saturated heterocycles. The van der Waals surface area contributed by atoms with Crippen molar-refractivity contribution in [3.05, 3.63) is 45.7 Å². The van der Waals surface area contributed by atoms with Crippen molar-refractivity contribution in [1.29, 1.82) is 0 Å². The number of ketones is 1. The highest BCUT2D eigenvalue weighted by Crippen LogP contribution is 2.46. The van der Waals surface area contributed by atoms with Gasteiger partial charge in [-0.3, -0.25) is 14.2 Å². The summed E-state index contributed by atoms with van der Waals surface area (Å²) in [5, 5.41) is 0. The van der Waals surface area contributed by atoms with Gasteiger partial charge in [0.05, 0.1) is 24.5 Å². The second kappa shape index (κ2) is 11.5. The molecule has 2 atom stereocenters. The van der Waals surface area contributed by atoms with Crippen LogP contribution < -0.4 is 14.9 Å². The number of hydrogen-bond donors (Lipinski definition) is 1. The summed E-state index contributed by atoms with van der Waals surface area (Å²) in [7, 11) is -2.33. The molecule has 0 amide bonds. The quantitative estimate of drug-likeness (QED) is 0.255. The fourth-order valence-corrected chi connectivity index (χ4v) is 4.98. The predicted octanol–water partition coefficient (Wildman–Crippen LogP) is 4.44. The molecule has 1 aliphatic rings. The van der Waals surface area contributed by atoms with E-state index in [0.717, 1.165) is 11.1 Å². The number of hydrogen-bond acceptors (Lipinski definition) is 7. The zero-order chi connectivity index (χ0) is 25.8. The Bertz CT molecular complexity index is 1170. The summed E-state index contributed by atoms with van der Waals surface area (Å²) in [5.74, 6) is 0.664. The molecule has 0 saturated carbocycles. The maximum atomic E-state index is 12.7. The van der Waals surface area contributed by atoms with Gasteiger partial charge < -0.3 is 28.2 Å². The third-order valence-corrected chi connectivity index (χ3v) is 7.04. The topological polar surface area (TPSA) is 113 Å². The maximum absolute atomic E-state index is 12.7. The highest BCUT2D eigenvalue weighted by molar-refractivity contribution is 7.52. The lowest BCUT2D eigenvalue weighted by Gasteiger charge is -2.34. The Labute approximate surface area is 205 Å².